The zero-order valence-corrected chi connectivity index (χ0v) is 21.8. The monoisotopic (exact) mass is 550 g/mol. The van der Waals surface area contributed by atoms with Crippen molar-refractivity contribution in [1.29, 1.82) is 0 Å². The van der Waals surface area contributed by atoms with Gasteiger partial charge in [-0.3, -0.25) is 4.79 Å². The van der Waals surface area contributed by atoms with Gasteiger partial charge in [0.15, 0.2) is 23.0 Å². The van der Waals surface area contributed by atoms with Gasteiger partial charge < -0.3 is 54.0 Å². The van der Waals surface area contributed by atoms with Crippen molar-refractivity contribution in [3.8, 4) is 23.0 Å². The summed E-state index contributed by atoms with van der Waals surface area (Å²) in [5, 5.41) is 50.8. The van der Waals surface area contributed by atoms with Crippen molar-refractivity contribution in [2.75, 3.05) is 34.5 Å². The number of aliphatic hydroxyl groups excluding tert-OH is 5. The molecule has 0 unspecified atom stereocenters. The Kier molecular flexibility index (Phi) is 9.15. The minimum atomic E-state index is -1.59. The van der Waals surface area contributed by atoms with Gasteiger partial charge in [0.05, 0.1) is 46.6 Å². The fourth-order valence-electron chi connectivity index (χ4n) is 4.89. The van der Waals surface area contributed by atoms with Crippen LogP contribution in [0.15, 0.2) is 36.4 Å². The molecule has 8 atom stereocenters. The van der Waals surface area contributed by atoms with Gasteiger partial charge in [0.1, 0.15) is 24.4 Å². The van der Waals surface area contributed by atoms with E-state index in [-0.39, 0.29) is 24.5 Å². The van der Waals surface area contributed by atoms with Crippen LogP contribution in [0.3, 0.4) is 0 Å². The summed E-state index contributed by atoms with van der Waals surface area (Å²) in [6.07, 6.45) is -7.95. The largest absolute Gasteiger partial charge is 0.493 e. The molecule has 39 heavy (non-hydrogen) atoms. The molecule has 0 saturated carbocycles. The molecule has 0 radical (unpaired) electrons. The van der Waals surface area contributed by atoms with Crippen molar-refractivity contribution in [2.45, 2.75) is 43.2 Å². The predicted octanol–water partition coefficient (Wildman–Crippen LogP) is -0.0436. The molecule has 2 aromatic carbocycles. The van der Waals surface area contributed by atoms with Crippen LogP contribution < -0.4 is 18.9 Å². The summed E-state index contributed by atoms with van der Waals surface area (Å²) in [5.74, 6) is -0.200. The summed E-state index contributed by atoms with van der Waals surface area (Å²) in [5.41, 5.74) is 1.25. The Hall–Kier alpha value is -3.13. The lowest BCUT2D eigenvalue weighted by atomic mass is 9.83. The van der Waals surface area contributed by atoms with Crippen LogP contribution in [-0.4, -0.2) is 96.8 Å². The molecule has 0 amide bonds. The van der Waals surface area contributed by atoms with Gasteiger partial charge >= 0.3 is 5.97 Å². The molecular weight excluding hydrogens is 516 g/mol. The maximum absolute atomic E-state index is 12.6. The average molecular weight is 551 g/mol. The molecule has 0 aliphatic carbocycles. The van der Waals surface area contributed by atoms with E-state index in [0.29, 0.717) is 22.6 Å². The third-order valence-electron chi connectivity index (χ3n) is 7.17. The SMILES string of the molecule is COc1ccc([C@@H](O)[C@H]2COC(=O)[C@@H]2Cc2ccc(O[C@@H]3O[C@H](CO)[C@@H](O)[C@H](O)[C@H]3O)c(OC)c2)cc1OC. The molecule has 0 spiro atoms. The highest BCUT2D eigenvalue weighted by Gasteiger charge is 2.45. The van der Waals surface area contributed by atoms with Crippen LogP contribution in [0.25, 0.3) is 0 Å². The van der Waals surface area contributed by atoms with Gasteiger partial charge in [-0.05, 0) is 41.8 Å². The predicted molar refractivity (Wildman–Crippen MR) is 134 cm³/mol. The number of esters is 1. The van der Waals surface area contributed by atoms with Gasteiger partial charge in [0.25, 0.3) is 0 Å². The van der Waals surface area contributed by atoms with Crippen LogP contribution in [0, 0.1) is 11.8 Å². The molecule has 2 fully saturated rings. The van der Waals surface area contributed by atoms with Crippen molar-refractivity contribution in [2.24, 2.45) is 11.8 Å². The molecule has 12 nitrogen and oxygen atoms in total. The number of cyclic esters (lactones) is 1. The minimum Gasteiger partial charge on any atom is -0.493 e. The van der Waals surface area contributed by atoms with Crippen molar-refractivity contribution in [1.82, 2.24) is 0 Å². The van der Waals surface area contributed by atoms with Gasteiger partial charge in [-0.1, -0.05) is 12.1 Å². The van der Waals surface area contributed by atoms with Gasteiger partial charge in [-0.25, -0.2) is 0 Å². The fraction of sp³-hybridized carbons (Fsp3) is 0.519. The Labute approximate surface area is 225 Å². The third-order valence-corrected chi connectivity index (χ3v) is 7.17. The Bertz CT molecular complexity index is 1140. The van der Waals surface area contributed by atoms with Crippen molar-refractivity contribution in [3.63, 3.8) is 0 Å². The van der Waals surface area contributed by atoms with Gasteiger partial charge in [-0.15, -0.1) is 0 Å². The average Bonchev–Trinajstić information content (AvgIpc) is 3.32. The molecule has 2 aliphatic rings. The quantitative estimate of drug-likeness (QED) is 0.250. The number of carbonyl (C=O) groups excluding carboxylic acids is 1. The molecule has 4 rings (SSSR count). The van der Waals surface area contributed by atoms with E-state index < -0.39 is 61.2 Å². The molecular formula is C27H34O12. The first kappa shape index (κ1) is 28.9. The fourth-order valence-corrected chi connectivity index (χ4v) is 4.89. The van der Waals surface area contributed by atoms with Crippen molar-refractivity contribution < 1.29 is 58.7 Å². The normalized spacial score (nSPS) is 29.4. The summed E-state index contributed by atoms with van der Waals surface area (Å²) in [4.78, 5) is 12.6. The van der Waals surface area contributed by atoms with E-state index in [1.165, 1.54) is 21.3 Å². The molecule has 2 heterocycles. The number of hydrogen-bond acceptors (Lipinski definition) is 12. The first-order valence-corrected chi connectivity index (χ1v) is 12.4. The Morgan fingerprint density at radius 1 is 0.897 bits per heavy atom. The van der Waals surface area contributed by atoms with Crippen LogP contribution in [0.5, 0.6) is 23.0 Å². The number of carbonyl (C=O) groups is 1. The van der Waals surface area contributed by atoms with E-state index in [1.54, 1.807) is 36.4 Å². The zero-order chi connectivity index (χ0) is 28.3. The second-order valence-corrected chi connectivity index (χ2v) is 9.46. The molecule has 12 heteroatoms. The number of aliphatic hydroxyl groups is 5. The molecule has 2 saturated heterocycles. The van der Waals surface area contributed by atoms with E-state index in [9.17, 15) is 30.3 Å². The van der Waals surface area contributed by atoms with E-state index in [4.69, 9.17) is 28.4 Å². The van der Waals surface area contributed by atoms with Crippen LogP contribution in [0.4, 0.5) is 0 Å². The van der Waals surface area contributed by atoms with E-state index in [0.717, 1.165) is 0 Å². The number of hydrogen-bond donors (Lipinski definition) is 5. The van der Waals surface area contributed by atoms with Crippen LogP contribution in [0.2, 0.25) is 0 Å². The topological polar surface area (TPSA) is 174 Å². The lowest BCUT2D eigenvalue weighted by Gasteiger charge is -2.39. The Morgan fingerprint density at radius 2 is 1.56 bits per heavy atom. The zero-order valence-electron chi connectivity index (χ0n) is 21.8. The smallest absolute Gasteiger partial charge is 0.309 e. The van der Waals surface area contributed by atoms with Crippen LogP contribution in [-0.2, 0) is 20.7 Å². The maximum atomic E-state index is 12.6. The van der Waals surface area contributed by atoms with E-state index >= 15 is 0 Å². The summed E-state index contributed by atoms with van der Waals surface area (Å²) in [7, 11) is 4.42. The Balaban J connectivity index is 1.50. The molecule has 5 N–H and O–H groups in total. The van der Waals surface area contributed by atoms with Crippen LogP contribution >= 0.6 is 0 Å². The first-order chi connectivity index (χ1) is 18.7. The summed E-state index contributed by atoms with van der Waals surface area (Å²) < 4.78 is 32.4. The third kappa shape index (κ3) is 5.91. The van der Waals surface area contributed by atoms with Gasteiger partial charge in [-0.2, -0.15) is 0 Å². The molecule has 214 valence electrons. The summed E-state index contributed by atoms with van der Waals surface area (Å²) in [6, 6.07) is 9.94. The maximum Gasteiger partial charge on any atom is 0.309 e. The summed E-state index contributed by atoms with van der Waals surface area (Å²) in [6.45, 7) is -0.539. The number of benzene rings is 2. The highest BCUT2D eigenvalue weighted by Crippen LogP contribution is 2.40. The van der Waals surface area contributed by atoms with Crippen molar-refractivity contribution in [3.05, 3.63) is 47.5 Å². The molecule has 2 aliphatic heterocycles. The lowest BCUT2D eigenvalue weighted by molar-refractivity contribution is -0.277. The number of ether oxygens (including phenoxy) is 6. The number of rotatable bonds is 10. The minimum absolute atomic E-state index is 0.0500. The first-order valence-electron chi connectivity index (χ1n) is 12.4. The number of methoxy groups -OCH3 is 3. The molecule has 2 aromatic rings. The van der Waals surface area contributed by atoms with E-state index in [2.05, 4.69) is 0 Å². The highest BCUT2D eigenvalue weighted by atomic mass is 16.7. The van der Waals surface area contributed by atoms with Gasteiger partial charge in [0, 0.05) is 5.92 Å². The second kappa shape index (κ2) is 12.4. The Morgan fingerprint density at radius 3 is 2.23 bits per heavy atom. The summed E-state index contributed by atoms with van der Waals surface area (Å²) >= 11 is 0. The van der Waals surface area contributed by atoms with Crippen molar-refractivity contribution >= 4 is 5.97 Å². The van der Waals surface area contributed by atoms with E-state index in [1.807, 2.05) is 0 Å². The van der Waals surface area contributed by atoms with Gasteiger partial charge in [0.2, 0.25) is 6.29 Å². The highest BCUT2D eigenvalue weighted by molar-refractivity contribution is 5.75. The second-order valence-electron chi connectivity index (χ2n) is 9.46. The standard InChI is InChI=1S/C27H34O12/c1-34-17-7-5-14(10-20(17)36-3)22(29)16-12-37-26(33)15(16)8-13-4-6-18(19(9-13)35-2)38-27-25(32)24(31)23(30)21(11-28)39-27/h4-7,9-10,15-16,21-25,27-32H,8,11-12H2,1-3H3/t15-,16+,21-,22-,23-,24+,25-,27-/m1/s1. The lowest BCUT2D eigenvalue weighted by Crippen LogP contribution is -2.60. The van der Waals surface area contributed by atoms with Crippen LogP contribution in [0.1, 0.15) is 17.2 Å². The molecule has 0 bridgehead atoms. The molecule has 0 aromatic heterocycles.